The monoisotopic (exact) mass is 296 g/mol. The number of ether oxygens (including phenoxy) is 1. The zero-order chi connectivity index (χ0) is 16.4. The second-order valence-corrected chi connectivity index (χ2v) is 5.47. The number of carboxylic acid groups (broad SMARTS) is 1. The van der Waals surface area contributed by atoms with Crippen molar-refractivity contribution in [1.29, 1.82) is 0 Å². The van der Waals surface area contributed by atoms with Crippen LogP contribution in [0.5, 0.6) is 5.75 Å². The Labute approximate surface area is 123 Å². The molecule has 1 N–H and O–H groups in total. The first kappa shape index (κ1) is 16.7. The summed E-state index contributed by atoms with van der Waals surface area (Å²) >= 11 is 0. The van der Waals surface area contributed by atoms with Crippen LogP contribution in [0.2, 0.25) is 0 Å². The first-order valence-corrected chi connectivity index (χ1v) is 6.50. The second kappa shape index (κ2) is 5.99. The van der Waals surface area contributed by atoms with E-state index in [9.17, 15) is 20.0 Å². The van der Waals surface area contributed by atoms with E-state index in [1.807, 2.05) is 0 Å². The molecule has 21 heavy (non-hydrogen) atoms. The first-order chi connectivity index (χ1) is 9.59. The Balaban J connectivity index is 3.42. The van der Waals surface area contributed by atoms with Gasteiger partial charge in [-0.2, -0.15) is 0 Å². The number of carbonyl (C=O) groups is 1. The van der Waals surface area contributed by atoms with Gasteiger partial charge in [-0.15, -0.1) is 0 Å². The number of anilines is 1. The maximum atomic E-state index is 11.4. The smallest absolute Gasteiger partial charge is 0.333 e. The molecule has 0 saturated heterocycles. The Kier molecular flexibility index (Phi) is 4.77. The molecule has 0 atom stereocenters. The molecule has 0 aliphatic rings. The van der Waals surface area contributed by atoms with Crippen LogP contribution in [0.4, 0.5) is 11.4 Å². The Hall–Kier alpha value is -2.31. The highest BCUT2D eigenvalue weighted by Gasteiger charge is 2.36. The van der Waals surface area contributed by atoms with Crippen LogP contribution in [0.3, 0.4) is 0 Å². The minimum atomic E-state index is -1.29. The van der Waals surface area contributed by atoms with E-state index in [1.54, 1.807) is 19.9 Å². The zero-order valence-corrected chi connectivity index (χ0v) is 12.8. The maximum absolute atomic E-state index is 11.4. The number of benzene rings is 1. The van der Waals surface area contributed by atoms with E-state index in [0.717, 1.165) is 0 Å². The number of hydrogen-bond donors (Lipinski definition) is 1. The quantitative estimate of drug-likeness (QED) is 0.641. The third-order valence-corrected chi connectivity index (χ3v) is 3.25. The van der Waals surface area contributed by atoms with E-state index in [0.29, 0.717) is 0 Å². The minimum absolute atomic E-state index is 0.125. The molecule has 0 fully saturated rings. The number of nitro groups is 1. The van der Waals surface area contributed by atoms with E-state index in [-0.39, 0.29) is 23.2 Å². The molecule has 0 radical (unpaired) electrons. The number of rotatable bonds is 6. The summed E-state index contributed by atoms with van der Waals surface area (Å²) in [5, 5.41) is 20.7. The van der Waals surface area contributed by atoms with Crippen molar-refractivity contribution in [2.24, 2.45) is 0 Å². The number of nitro benzene ring substituents is 1. The number of nitrogens with zero attached hydrogens (tertiary/aromatic N) is 2. The molecule has 0 bridgehead atoms. The van der Waals surface area contributed by atoms with Crippen LogP contribution in [0, 0.1) is 10.1 Å². The molecule has 1 aromatic carbocycles. The van der Waals surface area contributed by atoms with Gasteiger partial charge in [0.25, 0.3) is 0 Å². The van der Waals surface area contributed by atoms with Crippen LogP contribution in [0.15, 0.2) is 18.2 Å². The number of carboxylic acids is 1. The van der Waals surface area contributed by atoms with E-state index in [1.165, 1.54) is 37.9 Å². The Morgan fingerprint density at radius 2 is 2.00 bits per heavy atom. The molecule has 0 aliphatic carbocycles. The molecule has 0 saturated carbocycles. The normalized spacial score (nSPS) is 11.3. The zero-order valence-electron chi connectivity index (χ0n) is 12.8. The van der Waals surface area contributed by atoms with Gasteiger partial charge in [-0.3, -0.25) is 10.1 Å². The van der Waals surface area contributed by atoms with Crippen molar-refractivity contribution in [2.75, 3.05) is 11.9 Å². The molecule has 0 aliphatic heterocycles. The highest BCUT2D eigenvalue weighted by atomic mass is 16.6. The summed E-state index contributed by atoms with van der Waals surface area (Å²) in [5.41, 5.74) is -1.32. The standard InChI is InChI=1S/C14H20N2O5/c1-9(2)21-11-8-6-7-10(12(11)16(19)20)15(5)14(3,4)13(17)18/h6-9H,1-5H3,(H,17,18). The van der Waals surface area contributed by atoms with Gasteiger partial charge < -0.3 is 14.7 Å². The molecule has 7 nitrogen and oxygen atoms in total. The van der Waals surface area contributed by atoms with Crippen LogP contribution in [-0.4, -0.2) is 34.7 Å². The van der Waals surface area contributed by atoms with Crippen LogP contribution < -0.4 is 9.64 Å². The van der Waals surface area contributed by atoms with Crippen LogP contribution in [0.1, 0.15) is 27.7 Å². The van der Waals surface area contributed by atoms with Crippen LogP contribution in [0.25, 0.3) is 0 Å². The third kappa shape index (κ3) is 3.42. The van der Waals surface area contributed by atoms with Gasteiger partial charge in [0.2, 0.25) is 0 Å². The molecule has 1 aromatic rings. The first-order valence-electron chi connectivity index (χ1n) is 6.50. The van der Waals surface area contributed by atoms with Crippen molar-refractivity contribution in [2.45, 2.75) is 39.3 Å². The lowest BCUT2D eigenvalue weighted by Gasteiger charge is -2.33. The molecule has 0 aromatic heterocycles. The third-order valence-electron chi connectivity index (χ3n) is 3.25. The molecule has 116 valence electrons. The summed E-state index contributed by atoms with van der Waals surface area (Å²) in [6, 6.07) is 4.62. The lowest BCUT2D eigenvalue weighted by molar-refractivity contribution is -0.385. The molecule has 7 heteroatoms. The predicted octanol–water partition coefficient (Wildman–Crippen LogP) is 2.68. The summed E-state index contributed by atoms with van der Waals surface area (Å²) in [6.45, 7) is 6.49. The number of hydrogen-bond acceptors (Lipinski definition) is 5. The lowest BCUT2D eigenvalue weighted by Crippen LogP contribution is -2.48. The van der Waals surface area contributed by atoms with E-state index in [4.69, 9.17) is 4.74 Å². The second-order valence-electron chi connectivity index (χ2n) is 5.47. The van der Waals surface area contributed by atoms with Gasteiger partial charge in [-0.1, -0.05) is 6.07 Å². The van der Waals surface area contributed by atoms with Crippen molar-refractivity contribution in [1.82, 2.24) is 0 Å². The fourth-order valence-corrected chi connectivity index (χ4v) is 1.76. The van der Waals surface area contributed by atoms with E-state index < -0.39 is 16.4 Å². The van der Waals surface area contributed by atoms with Crippen molar-refractivity contribution in [3.8, 4) is 5.75 Å². The van der Waals surface area contributed by atoms with Gasteiger partial charge in [0.15, 0.2) is 5.75 Å². The summed E-state index contributed by atoms with van der Waals surface area (Å²) in [7, 11) is 1.51. The van der Waals surface area contributed by atoms with E-state index in [2.05, 4.69) is 0 Å². The average Bonchev–Trinajstić information content (AvgIpc) is 2.36. The number of aliphatic carboxylic acids is 1. The van der Waals surface area contributed by atoms with Gasteiger partial charge in [-0.25, -0.2) is 4.79 Å². The molecule has 1 rings (SSSR count). The van der Waals surface area contributed by atoms with Gasteiger partial charge in [0, 0.05) is 7.05 Å². The summed E-state index contributed by atoms with van der Waals surface area (Å²) in [6.07, 6.45) is -0.225. The molecular formula is C14H20N2O5. The molecule has 0 unspecified atom stereocenters. The van der Waals surface area contributed by atoms with Crippen molar-refractivity contribution in [3.05, 3.63) is 28.3 Å². The molecule has 0 amide bonds. The minimum Gasteiger partial charge on any atom is -0.484 e. The lowest BCUT2D eigenvalue weighted by atomic mass is 10.0. The highest BCUT2D eigenvalue weighted by molar-refractivity contribution is 5.84. The number of likely N-dealkylation sites (N-methyl/N-ethyl adjacent to an activating group) is 1. The Morgan fingerprint density at radius 1 is 1.43 bits per heavy atom. The van der Waals surface area contributed by atoms with Crippen molar-refractivity contribution in [3.63, 3.8) is 0 Å². The maximum Gasteiger partial charge on any atom is 0.333 e. The fourth-order valence-electron chi connectivity index (χ4n) is 1.76. The largest absolute Gasteiger partial charge is 0.484 e. The van der Waals surface area contributed by atoms with Crippen molar-refractivity contribution < 1.29 is 19.6 Å². The highest BCUT2D eigenvalue weighted by Crippen LogP contribution is 2.39. The molecule has 0 heterocycles. The van der Waals surface area contributed by atoms with Crippen molar-refractivity contribution >= 4 is 17.3 Å². The van der Waals surface area contributed by atoms with Crippen LogP contribution in [-0.2, 0) is 4.79 Å². The molecular weight excluding hydrogens is 276 g/mol. The number of para-hydroxylation sites is 1. The summed E-state index contributed by atoms with van der Waals surface area (Å²) in [4.78, 5) is 23.5. The van der Waals surface area contributed by atoms with E-state index >= 15 is 0 Å². The van der Waals surface area contributed by atoms with Crippen LogP contribution >= 0.6 is 0 Å². The SMILES string of the molecule is CC(C)Oc1cccc(N(C)C(C)(C)C(=O)O)c1[N+](=O)[O-]. The van der Waals surface area contributed by atoms with Gasteiger partial charge in [0.1, 0.15) is 11.2 Å². The summed E-state index contributed by atoms with van der Waals surface area (Å²) in [5.74, 6) is -0.949. The average molecular weight is 296 g/mol. The Morgan fingerprint density at radius 3 is 2.43 bits per heavy atom. The Bertz CT molecular complexity index is 554. The molecule has 0 spiro atoms. The van der Waals surface area contributed by atoms with Gasteiger partial charge >= 0.3 is 11.7 Å². The summed E-state index contributed by atoms with van der Waals surface area (Å²) < 4.78 is 5.45. The fraction of sp³-hybridized carbons (Fsp3) is 0.500. The topological polar surface area (TPSA) is 92.9 Å². The predicted molar refractivity (Wildman–Crippen MR) is 79.0 cm³/mol. The van der Waals surface area contributed by atoms with Gasteiger partial charge in [-0.05, 0) is 39.8 Å². The van der Waals surface area contributed by atoms with Gasteiger partial charge in [0.05, 0.1) is 11.0 Å².